The molecule has 3 unspecified atom stereocenters. The number of likely N-dealkylation sites (N-methyl/N-ethyl adjacent to an activating group) is 2. The van der Waals surface area contributed by atoms with Gasteiger partial charge >= 0.3 is 0 Å². The van der Waals surface area contributed by atoms with Gasteiger partial charge in [-0.2, -0.15) is 0 Å². The Morgan fingerprint density at radius 3 is 2.07 bits per heavy atom. The Labute approximate surface area is 174 Å². The molecular formula is C22H37N3O4. The molecule has 0 spiro atoms. The number of carbonyl (C=O) groups is 4. The van der Waals surface area contributed by atoms with E-state index in [1.54, 1.807) is 14.1 Å². The highest BCUT2D eigenvalue weighted by Crippen LogP contribution is 2.55. The molecule has 2 aliphatic carbocycles. The predicted octanol–water partition coefficient (Wildman–Crippen LogP) is 1.70. The summed E-state index contributed by atoms with van der Waals surface area (Å²) in [5.74, 6) is -0.341. The minimum absolute atomic E-state index is 0.0279. The zero-order chi connectivity index (χ0) is 22.3. The lowest BCUT2D eigenvalue weighted by Crippen LogP contribution is -2.57. The van der Waals surface area contributed by atoms with Gasteiger partial charge in [-0.3, -0.25) is 14.4 Å². The lowest BCUT2D eigenvalue weighted by atomic mass is 10.0. The molecule has 0 aromatic rings. The van der Waals surface area contributed by atoms with Crippen molar-refractivity contribution in [1.82, 2.24) is 15.1 Å². The van der Waals surface area contributed by atoms with E-state index in [0.29, 0.717) is 12.8 Å². The van der Waals surface area contributed by atoms with Gasteiger partial charge in [0.25, 0.3) is 0 Å². The van der Waals surface area contributed by atoms with Crippen molar-refractivity contribution in [2.24, 2.45) is 29.6 Å². The Morgan fingerprint density at radius 2 is 1.69 bits per heavy atom. The van der Waals surface area contributed by atoms with Crippen LogP contribution in [0.15, 0.2) is 0 Å². The Morgan fingerprint density at radius 1 is 1.14 bits per heavy atom. The van der Waals surface area contributed by atoms with Crippen molar-refractivity contribution in [1.29, 1.82) is 0 Å². The molecule has 2 saturated carbocycles. The lowest BCUT2D eigenvalue weighted by molar-refractivity contribution is -0.146. The van der Waals surface area contributed by atoms with Gasteiger partial charge in [-0.1, -0.05) is 41.5 Å². The number of amides is 3. The van der Waals surface area contributed by atoms with Gasteiger partial charge in [-0.05, 0) is 36.5 Å². The highest BCUT2D eigenvalue weighted by Gasteiger charge is 2.68. The van der Waals surface area contributed by atoms with Gasteiger partial charge in [0.15, 0.2) is 0 Å². The largest absolute Gasteiger partial charge is 0.341 e. The Bertz CT molecular complexity index is 684. The smallest absolute Gasteiger partial charge is 0.247 e. The summed E-state index contributed by atoms with van der Waals surface area (Å²) in [6.07, 6.45) is 2.11. The molecule has 29 heavy (non-hydrogen) atoms. The minimum Gasteiger partial charge on any atom is -0.341 e. The molecule has 0 saturated heterocycles. The molecule has 2 aliphatic rings. The van der Waals surface area contributed by atoms with Crippen molar-refractivity contribution in [2.45, 2.75) is 65.5 Å². The second-order valence-electron chi connectivity index (χ2n) is 9.52. The van der Waals surface area contributed by atoms with Crippen molar-refractivity contribution in [3.05, 3.63) is 0 Å². The normalized spacial score (nSPS) is 33.6. The van der Waals surface area contributed by atoms with E-state index in [-0.39, 0.29) is 53.9 Å². The SMILES string of the molecule is CC[C@@H](C)C(=O)N(C)CC(=O)N(C)C1(C(=O)NC2(C=O)C(C)C2C)C[C@H]1C(C)C. The molecule has 164 valence electrons. The highest BCUT2D eigenvalue weighted by atomic mass is 16.2. The van der Waals surface area contributed by atoms with Crippen LogP contribution in [0.1, 0.15) is 54.4 Å². The molecule has 0 radical (unpaired) electrons. The van der Waals surface area contributed by atoms with Crippen molar-refractivity contribution in [3.63, 3.8) is 0 Å². The maximum atomic E-state index is 13.3. The van der Waals surface area contributed by atoms with E-state index in [1.807, 2.05) is 41.5 Å². The monoisotopic (exact) mass is 407 g/mol. The third-order valence-electron chi connectivity index (χ3n) is 7.61. The van der Waals surface area contributed by atoms with Crippen LogP contribution in [0.3, 0.4) is 0 Å². The van der Waals surface area contributed by atoms with E-state index in [0.717, 1.165) is 6.29 Å². The van der Waals surface area contributed by atoms with Crippen molar-refractivity contribution < 1.29 is 19.2 Å². The fraction of sp³-hybridized carbons (Fsp3) is 0.818. The summed E-state index contributed by atoms with van der Waals surface area (Å²) in [7, 11) is 3.26. The number of rotatable bonds is 9. The quantitative estimate of drug-likeness (QED) is 0.590. The number of nitrogens with one attached hydrogen (secondary N) is 1. The third kappa shape index (κ3) is 3.80. The molecule has 2 fully saturated rings. The topological polar surface area (TPSA) is 86.8 Å². The number of aldehydes is 1. The second kappa shape index (κ2) is 8.07. The number of hydrogen-bond donors (Lipinski definition) is 1. The molecule has 3 amide bonds. The molecule has 0 aliphatic heterocycles. The second-order valence-corrected chi connectivity index (χ2v) is 9.52. The Hall–Kier alpha value is -1.92. The van der Waals surface area contributed by atoms with Crippen LogP contribution in [0.4, 0.5) is 0 Å². The van der Waals surface area contributed by atoms with E-state index in [2.05, 4.69) is 5.32 Å². The Balaban J connectivity index is 2.17. The van der Waals surface area contributed by atoms with Crippen molar-refractivity contribution in [3.8, 4) is 0 Å². The maximum Gasteiger partial charge on any atom is 0.247 e. The fourth-order valence-corrected chi connectivity index (χ4v) is 4.61. The molecular weight excluding hydrogens is 370 g/mol. The molecule has 7 nitrogen and oxygen atoms in total. The Kier molecular flexibility index (Phi) is 6.50. The molecule has 0 aromatic carbocycles. The van der Waals surface area contributed by atoms with Crippen LogP contribution in [0.2, 0.25) is 0 Å². The third-order valence-corrected chi connectivity index (χ3v) is 7.61. The molecule has 2 rings (SSSR count). The molecule has 5 atom stereocenters. The van der Waals surface area contributed by atoms with E-state index in [4.69, 9.17) is 0 Å². The van der Waals surface area contributed by atoms with Gasteiger partial charge in [0, 0.05) is 20.0 Å². The highest BCUT2D eigenvalue weighted by molar-refractivity contribution is 5.98. The van der Waals surface area contributed by atoms with E-state index >= 15 is 0 Å². The summed E-state index contributed by atoms with van der Waals surface area (Å²) >= 11 is 0. The zero-order valence-electron chi connectivity index (χ0n) is 19.1. The number of carbonyl (C=O) groups excluding carboxylic acids is 4. The van der Waals surface area contributed by atoms with Gasteiger partial charge in [0.05, 0.1) is 6.54 Å². The number of nitrogens with zero attached hydrogens (tertiary/aromatic N) is 2. The van der Waals surface area contributed by atoms with Crippen molar-refractivity contribution >= 4 is 24.0 Å². The molecule has 7 heteroatoms. The summed E-state index contributed by atoms with van der Waals surface area (Å²) in [6, 6.07) is 0. The number of hydrogen-bond acceptors (Lipinski definition) is 4. The molecule has 0 bridgehead atoms. The first kappa shape index (κ1) is 23.4. The van der Waals surface area contributed by atoms with Crippen LogP contribution in [-0.2, 0) is 19.2 Å². The van der Waals surface area contributed by atoms with Crippen LogP contribution in [-0.4, -0.2) is 65.5 Å². The summed E-state index contributed by atoms with van der Waals surface area (Å²) in [5, 5.41) is 2.96. The fourth-order valence-electron chi connectivity index (χ4n) is 4.61. The zero-order valence-corrected chi connectivity index (χ0v) is 19.1. The van der Waals surface area contributed by atoms with Crippen molar-refractivity contribution in [2.75, 3.05) is 20.6 Å². The lowest BCUT2D eigenvalue weighted by Gasteiger charge is -2.32. The standard InChI is InChI=1S/C22H37N3O4/c1-9-14(4)19(28)24(7)11-18(27)25(8)22(10-17(22)13(2)3)20(29)23-21(12-26)15(5)16(21)6/h12-17H,9-11H2,1-8H3,(H,23,29)/t14-,15?,16?,17+,21?,22?/m1/s1. The van der Waals surface area contributed by atoms with Gasteiger partial charge in [-0.15, -0.1) is 0 Å². The molecule has 0 aromatic heterocycles. The van der Waals surface area contributed by atoms with Crippen LogP contribution in [0.25, 0.3) is 0 Å². The van der Waals surface area contributed by atoms with E-state index in [9.17, 15) is 19.2 Å². The molecule has 0 heterocycles. The summed E-state index contributed by atoms with van der Waals surface area (Å²) in [4.78, 5) is 53.3. The minimum atomic E-state index is -0.955. The van der Waals surface area contributed by atoms with Gasteiger partial charge in [0.1, 0.15) is 17.4 Å². The van der Waals surface area contributed by atoms with E-state index < -0.39 is 11.1 Å². The molecule has 1 N–H and O–H groups in total. The first-order valence-corrected chi connectivity index (χ1v) is 10.7. The van der Waals surface area contributed by atoms with Crippen LogP contribution in [0, 0.1) is 29.6 Å². The van der Waals surface area contributed by atoms with Crippen LogP contribution < -0.4 is 5.32 Å². The van der Waals surface area contributed by atoms with E-state index in [1.165, 1.54) is 9.80 Å². The first-order chi connectivity index (χ1) is 13.4. The maximum absolute atomic E-state index is 13.3. The average molecular weight is 408 g/mol. The van der Waals surface area contributed by atoms with Crippen LogP contribution >= 0.6 is 0 Å². The predicted molar refractivity (Wildman–Crippen MR) is 111 cm³/mol. The first-order valence-electron chi connectivity index (χ1n) is 10.7. The van der Waals surface area contributed by atoms with Gasteiger partial charge in [0.2, 0.25) is 17.7 Å². The van der Waals surface area contributed by atoms with Crippen LogP contribution in [0.5, 0.6) is 0 Å². The summed E-state index contributed by atoms with van der Waals surface area (Å²) in [5.41, 5.74) is -1.79. The van der Waals surface area contributed by atoms with Gasteiger partial charge in [-0.25, -0.2) is 0 Å². The average Bonchev–Trinajstić information content (AvgIpc) is 3.56. The summed E-state index contributed by atoms with van der Waals surface area (Å²) < 4.78 is 0. The summed E-state index contributed by atoms with van der Waals surface area (Å²) in [6.45, 7) is 11.7. The van der Waals surface area contributed by atoms with Gasteiger partial charge < -0.3 is 19.9 Å².